The molecule has 0 saturated heterocycles. The van der Waals surface area contributed by atoms with Crippen molar-refractivity contribution in [3.63, 3.8) is 0 Å². The van der Waals surface area contributed by atoms with E-state index in [4.69, 9.17) is 0 Å². The summed E-state index contributed by atoms with van der Waals surface area (Å²) in [5, 5.41) is 3.55. The smallest absolute Gasteiger partial charge is 0.322 e. The molecule has 192 valence electrons. The highest BCUT2D eigenvalue weighted by Gasteiger charge is 2.35. The van der Waals surface area contributed by atoms with Crippen LogP contribution in [0.25, 0.3) is 39.4 Å². The molecular weight excluding hydrogens is 507 g/mol. The molecule has 0 bridgehead atoms. The number of aromatic nitrogens is 8. The number of pyridine rings is 1. The lowest BCUT2D eigenvalue weighted by atomic mass is 10.2. The minimum atomic E-state index is -4.59. The van der Waals surface area contributed by atoms with Gasteiger partial charge in [0.1, 0.15) is 28.7 Å². The zero-order valence-corrected chi connectivity index (χ0v) is 19.9. The minimum absolute atomic E-state index is 0.157. The average molecular weight is 524 g/mol. The molecule has 0 saturated carbocycles. The third-order valence-electron chi connectivity index (χ3n) is 6.15. The Morgan fingerprint density at radius 1 is 0.921 bits per heavy atom. The molecule has 6 aromatic rings. The van der Waals surface area contributed by atoms with Gasteiger partial charge in [0.15, 0.2) is 17.0 Å². The van der Waals surface area contributed by atoms with Crippen LogP contribution in [0.4, 0.5) is 22.0 Å². The lowest BCUT2D eigenvalue weighted by Crippen LogP contribution is -2.06. The summed E-state index contributed by atoms with van der Waals surface area (Å²) >= 11 is 0. The van der Waals surface area contributed by atoms with Crippen LogP contribution in [0, 0.1) is 18.6 Å². The van der Waals surface area contributed by atoms with Crippen molar-refractivity contribution in [2.45, 2.75) is 19.6 Å². The number of imidazole rings is 1. The summed E-state index contributed by atoms with van der Waals surface area (Å²) in [5.41, 5.74) is 2.34. The second kappa shape index (κ2) is 8.43. The van der Waals surface area contributed by atoms with Gasteiger partial charge in [0.05, 0.1) is 29.3 Å². The topological polar surface area (TPSA) is 79.2 Å². The summed E-state index contributed by atoms with van der Waals surface area (Å²) in [6.45, 7) is 1.93. The van der Waals surface area contributed by atoms with Crippen molar-refractivity contribution in [1.29, 1.82) is 0 Å². The first-order chi connectivity index (χ1) is 18.1. The van der Waals surface area contributed by atoms with Crippen LogP contribution < -0.4 is 0 Å². The first kappa shape index (κ1) is 23.7. The summed E-state index contributed by atoms with van der Waals surface area (Å²) in [7, 11) is 1.40. The number of benzene rings is 1. The fourth-order valence-electron chi connectivity index (χ4n) is 4.40. The maximum atomic E-state index is 13.8. The van der Waals surface area contributed by atoms with E-state index in [0.29, 0.717) is 39.4 Å². The van der Waals surface area contributed by atoms with Gasteiger partial charge in [0.2, 0.25) is 0 Å². The van der Waals surface area contributed by atoms with Crippen LogP contribution in [0.2, 0.25) is 0 Å². The number of rotatable bonds is 4. The first-order valence-corrected chi connectivity index (χ1v) is 11.3. The van der Waals surface area contributed by atoms with E-state index in [1.165, 1.54) is 25.4 Å². The second-order valence-corrected chi connectivity index (χ2v) is 8.75. The van der Waals surface area contributed by atoms with Gasteiger partial charge in [-0.2, -0.15) is 18.3 Å². The molecule has 5 aromatic heterocycles. The molecule has 38 heavy (non-hydrogen) atoms. The van der Waals surface area contributed by atoms with E-state index in [2.05, 4.69) is 25.0 Å². The number of alkyl halides is 3. The predicted molar refractivity (Wildman–Crippen MR) is 127 cm³/mol. The van der Waals surface area contributed by atoms with Gasteiger partial charge in [0.25, 0.3) is 0 Å². The quantitative estimate of drug-likeness (QED) is 0.296. The van der Waals surface area contributed by atoms with Crippen molar-refractivity contribution in [2.24, 2.45) is 7.05 Å². The van der Waals surface area contributed by atoms with Crippen molar-refractivity contribution >= 4 is 22.3 Å². The summed E-state index contributed by atoms with van der Waals surface area (Å²) in [4.78, 5) is 17.8. The Bertz CT molecular complexity index is 1830. The lowest BCUT2D eigenvalue weighted by molar-refractivity contribution is -0.141. The van der Waals surface area contributed by atoms with E-state index in [1.807, 2.05) is 0 Å². The maximum Gasteiger partial charge on any atom is 0.435 e. The van der Waals surface area contributed by atoms with Gasteiger partial charge in [-0.05, 0) is 42.8 Å². The summed E-state index contributed by atoms with van der Waals surface area (Å²) in [6, 6.07) is 7.77. The van der Waals surface area contributed by atoms with Gasteiger partial charge >= 0.3 is 6.18 Å². The molecule has 0 fully saturated rings. The van der Waals surface area contributed by atoms with Crippen molar-refractivity contribution in [3.05, 3.63) is 83.7 Å². The normalized spacial score (nSPS) is 12.2. The molecule has 0 aliphatic heterocycles. The van der Waals surface area contributed by atoms with Crippen LogP contribution in [0.1, 0.15) is 17.1 Å². The van der Waals surface area contributed by atoms with Gasteiger partial charge in [-0.1, -0.05) is 0 Å². The van der Waals surface area contributed by atoms with Gasteiger partial charge in [-0.15, -0.1) is 0 Å². The molecule has 6 rings (SSSR count). The number of fused-ring (bicyclic) bond motifs is 2. The van der Waals surface area contributed by atoms with Crippen LogP contribution in [0.3, 0.4) is 0 Å². The Kier molecular flexibility index (Phi) is 5.26. The standard InChI is InChI=1S/C25H17F5N8/c1-13-33-23-21(38(13)12-14-5-15(26)7-16(27)6-14)8-17(10-32-23)37-4-3-18-24(37)34-19(11-31-18)20-9-22(25(28,29)30)35-36(20)2/h3-11H,12H2,1-2H3. The number of halogens is 5. The average Bonchev–Trinajstić information content (AvgIpc) is 3.53. The zero-order valence-electron chi connectivity index (χ0n) is 19.9. The van der Waals surface area contributed by atoms with Crippen molar-refractivity contribution in [3.8, 4) is 17.1 Å². The molecule has 0 aliphatic carbocycles. The second-order valence-electron chi connectivity index (χ2n) is 8.75. The highest BCUT2D eigenvalue weighted by molar-refractivity contribution is 5.79. The van der Waals surface area contributed by atoms with Gasteiger partial charge in [-0.25, -0.2) is 23.7 Å². The van der Waals surface area contributed by atoms with Crippen molar-refractivity contribution in [2.75, 3.05) is 0 Å². The Morgan fingerprint density at radius 2 is 1.68 bits per heavy atom. The highest BCUT2D eigenvalue weighted by atomic mass is 19.4. The van der Waals surface area contributed by atoms with Crippen LogP contribution in [0.15, 0.2) is 55.0 Å². The van der Waals surface area contributed by atoms with Gasteiger partial charge < -0.3 is 4.57 Å². The fraction of sp³-hybridized carbons (Fsp3) is 0.160. The molecule has 0 N–H and O–H groups in total. The highest BCUT2D eigenvalue weighted by Crippen LogP contribution is 2.31. The van der Waals surface area contributed by atoms with E-state index < -0.39 is 23.5 Å². The van der Waals surface area contributed by atoms with Crippen LogP contribution in [-0.4, -0.2) is 38.9 Å². The predicted octanol–water partition coefficient (Wildman–Crippen LogP) is 5.22. The van der Waals surface area contributed by atoms with Crippen molar-refractivity contribution < 1.29 is 22.0 Å². The Hall–Kier alpha value is -4.68. The largest absolute Gasteiger partial charge is 0.435 e. The summed E-state index contributed by atoms with van der Waals surface area (Å²) < 4.78 is 71.6. The minimum Gasteiger partial charge on any atom is -0.322 e. The molecule has 0 atom stereocenters. The molecule has 0 unspecified atom stereocenters. The van der Waals surface area contributed by atoms with Crippen LogP contribution >= 0.6 is 0 Å². The Morgan fingerprint density at radius 3 is 2.39 bits per heavy atom. The van der Waals surface area contributed by atoms with Crippen molar-refractivity contribution in [1.82, 2.24) is 38.9 Å². The van der Waals surface area contributed by atoms with Crippen LogP contribution in [0.5, 0.6) is 0 Å². The molecule has 0 radical (unpaired) electrons. The third kappa shape index (κ3) is 4.05. The molecule has 1 aromatic carbocycles. The van der Waals surface area contributed by atoms with E-state index in [-0.39, 0.29) is 17.9 Å². The zero-order chi connectivity index (χ0) is 26.8. The van der Waals surface area contributed by atoms with E-state index in [1.54, 1.807) is 40.6 Å². The Balaban J connectivity index is 1.44. The number of nitrogens with zero attached hydrogens (tertiary/aromatic N) is 8. The summed E-state index contributed by atoms with van der Waals surface area (Å²) in [5.74, 6) is -0.750. The molecule has 0 aliphatic rings. The number of hydrogen-bond donors (Lipinski definition) is 0. The fourth-order valence-corrected chi connectivity index (χ4v) is 4.40. The lowest BCUT2D eigenvalue weighted by Gasteiger charge is -2.09. The first-order valence-electron chi connectivity index (χ1n) is 11.3. The maximum absolute atomic E-state index is 13.8. The molecule has 8 nitrogen and oxygen atoms in total. The number of aryl methyl sites for hydroxylation is 2. The molecule has 5 heterocycles. The monoisotopic (exact) mass is 524 g/mol. The number of hydrogen-bond acceptors (Lipinski definition) is 5. The molecule has 0 amide bonds. The van der Waals surface area contributed by atoms with Gasteiger partial charge in [-0.3, -0.25) is 14.2 Å². The van der Waals surface area contributed by atoms with Gasteiger partial charge in [0, 0.05) is 25.9 Å². The van der Waals surface area contributed by atoms with E-state index >= 15 is 0 Å². The van der Waals surface area contributed by atoms with E-state index in [0.717, 1.165) is 16.8 Å². The molecule has 13 heteroatoms. The third-order valence-corrected chi connectivity index (χ3v) is 6.15. The molecular formula is C25H17F5N8. The SMILES string of the molecule is Cc1nc2ncc(-n3ccc4ncc(-c5cc(C(F)(F)F)nn5C)nc43)cc2n1Cc1cc(F)cc(F)c1. The Labute approximate surface area is 211 Å². The summed E-state index contributed by atoms with van der Waals surface area (Å²) in [6.07, 6.45) is 0.104. The van der Waals surface area contributed by atoms with E-state index in [9.17, 15) is 22.0 Å². The molecule has 0 spiro atoms. The van der Waals surface area contributed by atoms with Crippen LogP contribution in [-0.2, 0) is 19.8 Å².